The molecular weight excluding hydrogens is 527 g/mol. The fourth-order valence-corrected chi connectivity index (χ4v) is 6.87. The van der Waals surface area contributed by atoms with Crippen molar-refractivity contribution < 1.29 is 26.4 Å². The molecule has 8 nitrogen and oxygen atoms in total. The molecule has 0 saturated carbocycles. The van der Waals surface area contributed by atoms with Crippen LogP contribution in [0.25, 0.3) is 0 Å². The maximum Gasteiger partial charge on any atom is 0.403 e. The second-order valence-electron chi connectivity index (χ2n) is 10.0. The summed E-state index contributed by atoms with van der Waals surface area (Å²) < 4.78 is 62.8. The van der Waals surface area contributed by atoms with Gasteiger partial charge in [-0.3, -0.25) is 14.7 Å². The lowest BCUT2D eigenvalue weighted by Crippen LogP contribution is -2.49. The highest BCUT2D eigenvalue weighted by Gasteiger charge is 2.43. The van der Waals surface area contributed by atoms with Crippen LogP contribution < -0.4 is 10.6 Å². The van der Waals surface area contributed by atoms with Gasteiger partial charge in [0.15, 0.2) is 15.0 Å². The number of amides is 1. The van der Waals surface area contributed by atoms with Crippen LogP contribution >= 0.6 is 11.3 Å². The molecule has 0 bridgehead atoms. The van der Waals surface area contributed by atoms with Gasteiger partial charge in [0.05, 0.1) is 28.8 Å². The fraction of sp³-hybridized carbons (Fsp3) is 0.625. The third-order valence-electron chi connectivity index (χ3n) is 6.91. The Morgan fingerprint density at radius 3 is 2.62 bits per heavy atom. The first-order valence-electron chi connectivity index (χ1n) is 12.4. The molecule has 37 heavy (non-hydrogen) atoms. The van der Waals surface area contributed by atoms with E-state index in [2.05, 4.69) is 34.4 Å². The lowest BCUT2D eigenvalue weighted by atomic mass is 9.93. The second kappa shape index (κ2) is 11.0. The minimum atomic E-state index is -4.21. The molecule has 0 aliphatic carbocycles. The molecule has 2 aliphatic heterocycles. The lowest BCUT2D eigenvalue weighted by Gasteiger charge is -2.35. The van der Waals surface area contributed by atoms with E-state index in [1.807, 2.05) is 0 Å². The molecule has 2 unspecified atom stereocenters. The molecule has 204 valence electrons. The number of sulfone groups is 1. The standard InChI is InChI=1S/C24H32F3N5O3S2/c1-4-37(34,35)17-7-6-16(28-11-17)9-20(33)30-23-31-21-18(36-23)13-32(22(21)14(2)3)12-15-5-8-19(29-10-15)24(25,26)27/h6-7,11,14-15,19,22,29H,4-5,8-10,12-13H2,1-3H3,(H,30,31,33)/t15-,19?,22?/m1/s1. The summed E-state index contributed by atoms with van der Waals surface area (Å²) in [4.78, 5) is 24.9. The molecule has 4 heterocycles. The number of hydrogen-bond donors (Lipinski definition) is 2. The predicted octanol–water partition coefficient (Wildman–Crippen LogP) is 3.96. The Bertz CT molecular complexity index is 1210. The first-order valence-corrected chi connectivity index (χ1v) is 14.9. The summed E-state index contributed by atoms with van der Waals surface area (Å²) in [7, 11) is -3.35. The molecule has 4 rings (SSSR count). The van der Waals surface area contributed by atoms with Crippen molar-refractivity contribution in [2.45, 2.75) is 69.7 Å². The molecule has 2 N–H and O–H groups in total. The number of carbonyl (C=O) groups excluding carboxylic acids is 1. The van der Waals surface area contributed by atoms with Crippen LogP contribution in [-0.4, -0.2) is 60.3 Å². The number of anilines is 1. The molecule has 0 radical (unpaired) electrons. The molecule has 1 fully saturated rings. The van der Waals surface area contributed by atoms with E-state index in [0.29, 0.717) is 36.9 Å². The van der Waals surface area contributed by atoms with E-state index in [4.69, 9.17) is 4.98 Å². The maximum atomic E-state index is 13.0. The van der Waals surface area contributed by atoms with Crippen molar-refractivity contribution in [2.24, 2.45) is 11.8 Å². The number of nitrogens with one attached hydrogen (secondary N) is 2. The number of thiazole rings is 1. The van der Waals surface area contributed by atoms with Crippen LogP contribution in [-0.2, 0) is 27.6 Å². The summed E-state index contributed by atoms with van der Waals surface area (Å²) in [5.41, 5.74) is 1.37. The zero-order valence-electron chi connectivity index (χ0n) is 21.0. The van der Waals surface area contributed by atoms with Gasteiger partial charge in [0.1, 0.15) is 6.04 Å². The number of hydrogen-bond acceptors (Lipinski definition) is 8. The van der Waals surface area contributed by atoms with E-state index in [1.165, 1.54) is 29.7 Å². The Morgan fingerprint density at radius 1 is 1.30 bits per heavy atom. The van der Waals surface area contributed by atoms with E-state index in [-0.39, 0.29) is 47.3 Å². The summed E-state index contributed by atoms with van der Waals surface area (Å²) in [5.74, 6) is 0.0675. The first-order chi connectivity index (χ1) is 17.4. The van der Waals surface area contributed by atoms with Crippen molar-refractivity contribution in [3.8, 4) is 0 Å². The zero-order chi connectivity index (χ0) is 27.0. The van der Waals surface area contributed by atoms with Crippen molar-refractivity contribution in [1.29, 1.82) is 0 Å². The Balaban J connectivity index is 1.35. The highest BCUT2D eigenvalue weighted by Crippen LogP contribution is 2.43. The summed E-state index contributed by atoms with van der Waals surface area (Å²) in [5, 5.41) is 5.98. The van der Waals surface area contributed by atoms with Crippen molar-refractivity contribution in [2.75, 3.05) is 24.2 Å². The normalized spacial score (nSPS) is 22.8. The third-order valence-corrected chi connectivity index (χ3v) is 9.60. The van der Waals surface area contributed by atoms with Crippen molar-refractivity contribution >= 4 is 32.2 Å². The van der Waals surface area contributed by atoms with Gasteiger partial charge < -0.3 is 10.6 Å². The van der Waals surface area contributed by atoms with Crippen LogP contribution in [0.3, 0.4) is 0 Å². The third kappa shape index (κ3) is 6.50. The minimum absolute atomic E-state index is 0.00989. The Morgan fingerprint density at radius 2 is 2.05 bits per heavy atom. The van der Waals surface area contributed by atoms with Crippen molar-refractivity contribution in [3.05, 3.63) is 34.6 Å². The predicted molar refractivity (Wildman–Crippen MR) is 135 cm³/mol. The van der Waals surface area contributed by atoms with Gasteiger partial charge >= 0.3 is 6.18 Å². The number of carbonyl (C=O) groups is 1. The van der Waals surface area contributed by atoms with Gasteiger partial charge in [0, 0.05) is 29.9 Å². The quantitative estimate of drug-likeness (QED) is 0.505. The summed E-state index contributed by atoms with van der Waals surface area (Å²) in [6.07, 6.45) is -2.32. The molecule has 2 aromatic rings. The van der Waals surface area contributed by atoms with Crippen LogP contribution in [0.15, 0.2) is 23.2 Å². The lowest BCUT2D eigenvalue weighted by molar-refractivity contribution is -0.162. The van der Waals surface area contributed by atoms with Gasteiger partial charge in [0.2, 0.25) is 5.91 Å². The van der Waals surface area contributed by atoms with Gasteiger partial charge in [-0.15, -0.1) is 11.3 Å². The number of rotatable bonds is 8. The van der Waals surface area contributed by atoms with Crippen molar-refractivity contribution in [1.82, 2.24) is 20.2 Å². The van der Waals surface area contributed by atoms with E-state index < -0.39 is 22.1 Å². The number of alkyl halides is 3. The Kier molecular flexibility index (Phi) is 8.27. The van der Waals surface area contributed by atoms with Crippen LogP contribution in [0.1, 0.15) is 55.9 Å². The van der Waals surface area contributed by atoms with Gasteiger partial charge in [-0.25, -0.2) is 13.4 Å². The number of aromatic nitrogens is 2. The largest absolute Gasteiger partial charge is 0.403 e. The minimum Gasteiger partial charge on any atom is -0.306 e. The van der Waals surface area contributed by atoms with E-state index in [0.717, 1.165) is 10.6 Å². The van der Waals surface area contributed by atoms with Crippen LogP contribution in [0.4, 0.5) is 18.3 Å². The fourth-order valence-electron chi connectivity index (χ4n) is 5.01. The highest BCUT2D eigenvalue weighted by atomic mass is 32.2. The zero-order valence-corrected chi connectivity index (χ0v) is 22.6. The topological polar surface area (TPSA) is 104 Å². The SMILES string of the molecule is CCS(=O)(=O)c1ccc(CC(=O)Nc2nc3c(s2)CN(C[C@@H]2CCC(C(F)(F)F)NC2)C3C(C)C)nc1. The van der Waals surface area contributed by atoms with Gasteiger partial charge in [-0.05, 0) is 43.4 Å². The average molecular weight is 560 g/mol. The van der Waals surface area contributed by atoms with Gasteiger partial charge in [0.25, 0.3) is 0 Å². The molecule has 1 saturated heterocycles. The van der Waals surface area contributed by atoms with Crippen LogP contribution in [0, 0.1) is 11.8 Å². The molecule has 0 aromatic carbocycles. The first kappa shape index (κ1) is 27.9. The Hall–Kier alpha value is -2.09. The molecule has 13 heteroatoms. The number of piperidine rings is 1. The molecule has 0 spiro atoms. The summed E-state index contributed by atoms with van der Waals surface area (Å²) in [6.45, 7) is 7.44. The average Bonchev–Trinajstić information content (AvgIpc) is 3.35. The molecule has 3 atom stereocenters. The number of fused-ring (bicyclic) bond motifs is 1. The van der Waals surface area contributed by atoms with E-state index in [9.17, 15) is 26.4 Å². The van der Waals surface area contributed by atoms with Crippen LogP contribution in [0.5, 0.6) is 0 Å². The molecule has 1 amide bonds. The maximum absolute atomic E-state index is 13.0. The van der Waals surface area contributed by atoms with Crippen molar-refractivity contribution in [3.63, 3.8) is 0 Å². The number of pyridine rings is 1. The smallest absolute Gasteiger partial charge is 0.306 e. The molecular formula is C24H32F3N5O3S2. The van der Waals surface area contributed by atoms with E-state index in [1.54, 1.807) is 6.92 Å². The molecule has 2 aromatic heterocycles. The number of nitrogens with zero attached hydrogens (tertiary/aromatic N) is 3. The van der Waals surface area contributed by atoms with Gasteiger partial charge in [-0.1, -0.05) is 20.8 Å². The Labute approximate surface area is 219 Å². The monoisotopic (exact) mass is 559 g/mol. The van der Waals surface area contributed by atoms with Gasteiger partial charge in [-0.2, -0.15) is 13.2 Å². The summed E-state index contributed by atoms with van der Waals surface area (Å²) >= 11 is 1.41. The van der Waals surface area contributed by atoms with Crippen LogP contribution in [0.2, 0.25) is 0 Å². The number of halogens is 3. The molecule has 2 aliphatic rings. The van der Waals surface area contributed by atoms with E-state index >= 15 is 0 Å². The second-order valence-corrected chi connectivity index (χ2v) is 13.4. The summed E-state index contributed by atoms with van der Waals surface area (Å²) in [6, 6.07) is 1.61. The highest BCUT2D eigenvalue weighted by molar-refractivity contribution is 7.91.